The first-order valence-corrected chi connectivity index (χ1v) is 5.61. The molecule has 1 rings (SSSR count). The molecule has 0 amide bonds. The molecule has 1 aromatic carbocycles. The highest BCUT2D eigenvalue weighted by atomic mass is 19.4. The highest BCUT2D eigenvalue weighted by Gasteiger charge is 2.36. The molecule has 3 nitrogen and oxygen atoms in total. The molecule has 0 N–H and O–H groups in total. The Kier molecular flexibility index (Phi) is 5.26. The summed E-state index contributed by atoms with van der Waals surface area (Å²) in [5.74, 6) is 0. The Morgan fingerprint density at radius 2 is 1.52 bits per heavy atom. The third-order valence-electron chi connectivity index (χ3n) is 2.38. The van der Waals surface area contributed by atoms with Crippen molar-refractivity contribution in [3.8, 4) is 0 Å². The predicted molar refractivity (Wildman–Crippen MR) is 64.1 cm³/mol. The molecule has 114 valence electrons. The minimum absolute atomic E-state index is 0.0668. The van der Waals surface area contributed by atoms with Crippen molar-refractivity contribution in [3.63, 3.8) is 0 Å². The lowest BCUT2D eigenvalue weighted by Crippen LogP contribution is -2.11. The van der Waals surface area contributed by atoms with Gasteiger partial charge in [0.15, 0.2) is 0 Å². The lowest BCUT2D eigenvalue weighted by molar-refractivity contribution is -0.143. The van der Waals surface area contributed by atoms with Crippen LogP contribution in [0.25, 0.3) is 16.5 Å². The van der Waals surface area contributed by atoms with E-state index in [2.05, 4.69) is 10.0 Å². The van der Waals surface area contributed by atoms with E-state index >= 15 is 0 Å². The summed E-state index contributed by atoms with van der Waals surface area (Å²) in [6, 6.07) is 1.32. The molecular formula is C12H9F6N3. The summed E-state index contributed by atoms with van der Waals surface area (Å²) in [7, 11) is 0. The monoisotopic (exact) mass is 309 g/mol. The fourth-order valence-corrected chi connectivity index (χ4v) is 1.47. The largest absolute Gasteiger partial charge is 0.416 e. The second-order valence-corrected chi connectivity index (χ2v) is 3.98. The molecule has 0 unspecified atom stereocenters. The van der Waals surface area contributed by atoms with Crippen LogP contribution in [-0.2, 0) is 12.4 Å². The Morgan fingerprint density at radius 1 is 1.00 bits per heavy atom. The summed E-state index contributed by atoms with van der Waals surface area (Å²) in [6.45, 7) is 0.0675. The standard InChI is InChI=1S/C12H9F6N3/c13-11(14,15)9-5-8(3-1-2-4-20-21-19)6-10(7-9)12(16,17)18/h1,3,5-7H,2,4H2. The third-order valence-corrected chi connectivity index (χ3v) is 2.38. The van der Waals surface area contributed by atoms with E-state index in [1.54, 1.807) is 0 Å². The number of hydrogen-bond donors (Lipinski definition) is 0. The van der Waals surface area contributed by atoms with Crippen LogP contribution in [0.4, 0.5) is 26.3 Å². The first-order chi connectivity index (χ1) is 9.64. The zero-order chi connectivity index (χ0) is 16.1. The zero-order valence-corrected chi connectivity index (χ0v) is 10.4. The number of halogens is 6. The summed E-state index contributed by atoms with van der Waals surface area (Å²) in [4.78, 5) is 2.47. The Labute approximate surface area is 115 Å². The highest BCUT2D eigenvalue weighted by molar-refractivity contribution is 5.53. The fourth-order valence-electron chi connectivity index (χ4n) is 1.47. The average molecular weight is 309 g/mol. The van der Waals surface area contributed by atoms with Gasteiger partial charge in [-0.2, -0.15) is 26.3 Å². The van der Waals surface area contributed by atoms with Crippen LogP contribution < -0.4 is 0 Å². The van der Waals surface area contributed by atoms with E-state index in [9.17, 15) is 26.3 Å². The van der Waals surface area contributed by atoms with Gasteiger partial charge in [0.05, 0.1) is 11.1 Å². The van der Waals surface area contributed by atoms with Crippen molar-refractivity contribution in [2.24, 2.45) is 5.11 Å². The first-order valence-electron chi connectivity index (χ1n) is 5.61. The van der Waals surface area contributed by atoms with Crippen LogP contribution in [0.2, 0.25) is 0 Å². The SMILES string of the molecule is [N-]=[N+]=NCCC=Cc1cc(C(F)(F)F)cc(C(F)(F)F)c1. The van der Waals surface area contributed by atoms with Crippen LogP contribution in [-0.4, -0.2) is 6.54 Å². The lowest BCUT2D eigenvalue weighted by Gasteiger charge is -2.12. The van der Waals surface area contributed by atoms with Crippen molar-refractivity contribution in [3.05, 3.63) is 51.4 Å². The molecule has 0 aliphatic heterocycles. The molecule has 21 heavy (non-hydrogen) atoms. The van der Waals surface area contributed by atoms with E-state index < -0.39 is 23.5 Å². The zero-order valence-electron chi connectivity index (χ0n) is 10.4. The van der Waals surface area contributed by atoms with Gasteiger partial charge in [-0.25, -0.2) is 0 Å². The van der Waals surface area contributed by atoms with Gasteiger partial charge >= 0.3 is 12.4 Å². The summed E-state index contributed by atoms with van der Waals surface area (Å²) in [5, 5.41) is 3.19. The molecule has 0 bridgehead atoms. The molecule has 0 atom stereocenters. The Balaban J connectivity index is 3.11. The van der Waals surface area contributed by atoms with Crippen LogP contribution in [0.5, 0.6) is 0 Å². The number of hydrogen-bond acceptors (Lipinski definition) is 1. The first kappa shape index (κ1) is 16.9. The molecule has 0 spiro atoms. The summed E-state index contributed by atoms with van der Waals surface area (Å²) < 4.78 is 75.5. The molecule has 9 heteroatoms. The number of rotatable bonds is 4. The summed E-state index contributed by atoms with van der Waals surface area (Å²) in [6.07, 6.45) is -7.06. The van der Waals surface area contributed by atoms with E-state index in [0.717, 1.165) is 6.08 Å². The third kappa shape index (κ3) is 5.39. The van der Waals surface area contributed by atoms with E-state index in [0.29, 0.717) is 12.1 Å². The Bertz CT molecular complexity index is 535. The Morgan fingerprint density at radius 3 is 1.95 bits per heavy atom. The minimum atomic E-state index is -4.87. The van der Waals surface area contributed by atoms with Gasteiger partial charge in [0.2, 0.25) is 0 Å². The van der Waals surface area contributed by atoms with Gasteiger partial charge in [-0.05, 0) is 35.7 Å². The number of alkyl halides is 6. The number of nitrogens with zero attached hydrogens (tertiary/aromatic N) is 3. The van der Waals surface area contributed by atoms with Crippen LogP contribution in [0.1, 0.15) is 23.1 Å². The topological polar surface area (TPSA) is 48.8 Å². The molecule has 1 aromatic rings. The van der Waals surface area contributed by atoms with E-state index in [1.807, 2.05) is 0 Å². The van der Waals surface area contributed by atoms with Crippen molar-refractivity contribution < 1.29 is 26.3 Å². The van der Waals surface area contributed by atoms with Gasteiger partial charge in [0, 0.05) is 11.5 Å². The van der Waals surface area contributed by atoms with Gasteiger partial charge in [-0.3, -0.25) is 0 Å². The van der Waals surface area contributed by atoms with Crippen LogP contribution in [0.15, 0.2) is 29.4 Å². The molecule has 0 saturated heterocycles. The fraction of sp³-hybridized carbons (Fsp3) is 0.333. The molecule has 0 aliphatic carbocycles. The average Bonchev–Trinajstić information content (AvgIpc) is 2.36. The number of azide groups is 1. The molecule has 0 heterocycles. The number of benzene rings is 1. The summed E-state index contributed by atoms with van der Waals surface area (Å²) >= 11 is 0. The van der Waals surface area contributed by atoms with Gasteiger partial charge in [-0.15, -0.1) is 0 Å². The maximum Gasteiger partial charge on any atom is 0.416 e. The normalized spacial score (nSPS) is 12.5. The Hall–Kier alpha value is -2.15. The smallest absolute Gasteiger partial charge is 0.166 e. The van der Waals surface area contributed by atoms with Crippen LogP contribution >= 0.6 is 0 Å². The van der Waals surface area contributed by atoms with Crippen molar-refractivity contribution >= 4 is 6.08 Å². The second-order valence-electron chi connectivity index (χ2n) is 3.98. The lowest BCUT2D eigenvalue weighted by atomic mass is 10.0. The van der Waals surface area contributed by atoms with Gasteiger partial charge in [-0.1, -0.05) is 17.3 Å². The van der Waals surface area contributed by atoms with Gasteiger partial charge < -0.3 is 0 Å². The molecule has 0 radical (unpaired) electrons. The highest BCUT2D eigenvalue weighted by Crippen LogP contribution is 2.36. The molecule has 0 aromatic heterocycles. The van der Waals surface area contributed by atoms with Crippen molar-refractivity contribution in [2.75, 3.05) is 6.54 Å². The molecule has 0 saturated carbocycles. The van der Waals surface area contributed by atoms with Crippen LogP contribution in [0.3, 0.4) is 0 Å². The van der Waals surface area contributed by atoms with E-state index in [-0.39, 0.29) is 24.6 Å². The molecular weight excluding hydrogens is 300 g/mol. The van der Waals surface area contributed by atoms with Crippen molar-refractivity contribution in [2.45, 2.75) is 18.8 Å². The van der Waals surface area contributed by atoms with E-state index in [1.165, 1.54) is 6.08 Å². The minimum Gasteiger partial charge on any atom is -0.166 e. The maximum absolute atomic E-state index is 12.6. The summed E-state index contributed by atoms with van der Waals surface area (Å²) in [5.41, 5.74) is 5.06. The van der Waals surface area contributed by atoms with Gasteiger partial charge in [0.25, 0.3) is 0 Å². The predicted octanol–water partition coefficient (Wildman–Crippen LogP) is 5.44. The maximum atomic E-state index is 12.6. The second kappa shape index (κ2) is 6.53. The molecule has 0 aliphatic rings. The van der Waals surface area contributed by atoms with Crippen molar-refractivity contribution in [1.82, 2.24) is 0 Å². The molecule has 0 fully saturated rings. The van der Waals surface area contributed by atoms with Crippen LogP contribution in [0, 0.1) is 0 Å². The quantitative estimate of drug-likeness (QED) is 0.234. The van der Waals surface area contributed by atoms with Crippen molar-refractivity contribution in [1.29, 1.82) is 0 Å². The van der Waals surface area contributed by atoms with Gasteiger partial charge in [0.1, 0.15) is 0 Å². The van der Waals surface area contributed by atoms with E-state index in [4.69, 9.17) is 5.53 Å².